The van der Waals surface area contributed by atoms with E-state index in [9.17, 15) is 9.90 Å². The fourth-order valence-electron chi connectivity index (χ4n) is 2.75. The van der Waals surface area contributed by atoms with Gasteiger partial charge in [-0.2, -0.15) is 0 Å². The van der Waals surface area contributed by atoms with E-state index in [1.165, 1.54) is 0 Å². The molecule has 5 heteroatoms. The second-order valence-electron chi connectivity index (χ2n) is 5.96. The van der Waals surface area contributed by atoms with E-state index in [0.717, 1.165) is 36.9 Å². The highest BCUT2D eigenvalue weighted by atomic mass is 16.3. The number of amides is 2. The van der Waals surface area contributed by atoms with E-state index in [0.29, 0.717) is 13.1 Å². The fraction of sp³-hybridized carbons (Fsp3) is 0.625. The van der Waals surface area contributed by atoms with Crippen molar-refractivity contribution in [1.82, 2.24) is 15.2 Å². The van der Waals surface area contributed by atoms with Crippen molar-refractivity contribution in [3.8, 4) is 0 Å². The minimum Gasteiger partial charge on any atom is -0.393 e. The van der Waals surface area contributed by atoms with Crippen LogP contribution < -0.4 is 5.32 Å². The zero-order valence-electron chi connectivity index (χ0n) is 12.9. The Morgan fingerprint density at radius 2 is 2.19 bits per heavy atom. The minimum atomic E-state index is -0.268. The Kier molecular flexibility index (Phi) is 5.56. The molecule has 2 rings (SSSR count). The molecule has 0 saturated heterocycles. The average molecular weight is 291 g/mol. The van der Waals surface area contributed by atoms with Gasteiger partial charge in [-0.25, -0.2) is 4.79 Å². The van der Waals surface area contributed by atoms with Gasteiger partial charge in [-0.1, -0.05) is 18.9 Å². The van der Waals surface area contributed by atoms with Gasteiger partial charge in [0.1, 0.15) is 0 Å². The molecule has 1 saturated carbocycles. The number of aliphatic hydroxyl groups excluding tert-OH is 1. The Balaban J connectivity index is 1.78. The SMILES string of the molecule is Cc1ccc(CNC(=O)N(C)C[C@H]2CCCC[C@H]2O)cn1. The van der Waals surface area contributed by atoms with Crippen LogP contribution in [0.3, 0.4) is 0 Å². The maximum absolute atomic E-state index is 12.1. The molecule has 2 atom stereocenters. The molecule has 1 fully saturated rings. The van der Waals surface area contributed by atoms with Crippen LogP contribution >= 0.6 is 0 Å². The topological polar surface area (TPSA) is 65.5 Å². The molecule has 0 spiro atoms. The number of aryl methyl sites for hydroxylation is 1. The first-order valence-corrected chi connectivity index (χ1v) is 7.65. The van der Waals surface area contributed by atoms with E-state index in [1.807, 2.05) is 19.1 Å². The summed E-state index contributed by atoms with van der Waals surface area (Å²) in [6, 6.07) is 3.80. The van der Waals surface area contributed by atoms with Crippen LogP contribution in [0.4, 0.5) is 4.79 Å². The molecule has 1 aliphatic rings. The zero-order chi connectivity index (χ0) is 15.2. The molecule has 0 unspecified atom stereocenters. The van der Waals surface area contributed by atoms with Gasteiger partial charge in [0.25, 0.3) is 0 Å². The third kappa shape index (κ3) is 4.70. The van der Waals surface area contributed by atoms with Gasteiger partial charge in [-0.3, -0.25) is 4.98 Å². The second-order valence-corrected chi connectivity index (χ2v) is 5.96. The number of nitrogens with one attached hydrogen (secondary N) is 1. The lowest BCUT2D eigenvalue weighted by molar-refractivity contribution is 0.0565. The van der Waals surface area contributed by atoms with E-state index in [4.69, 9.17) is 0 Å². The van der Waals surface area contributed by atoms with E-state index >= 15 is 0 Å². The molecule has 2 amide bonds. The van der Waals surface area contributed by atoms with Crippen molar-refractivity contribution in [1.29, 1.82) is 0 Å². The third-order valence-electron chi connectivity index (χ3n) is 4.14. The normalized spacial score (nSPS) is 21.9. The molecule has 5 nitrogen and oxygen atoms in total. The van der Waals surface area contributed by atoms with Crippen molar-refractivity contribution >= 4 is 6.03 Å². The quantitative estimate of drug-likeness (QED) is 0.892. The van der Waals surface area contributed by atoms with Crippen LogP contribution in [0.2, 0.25) is 0 Å². The number of carbonyl (C=O) groups excluding carboxylic acids is 1. The van der Waals surface area contributed by atoms with E-state index in [1.54, 1.807) is 18.1 Å². The Labute approximate surface area is 126 Å². The molecule has 116 valence electrons. The first-order chi connectivity index (χ1) is 10.1. The van der Waals surface area contributed by atoms with Crippen LogP contribution in [0.15, 0.2) is 18.3 Å². The Bertz CT molecular complexity index is 461. The maximum Gasteiger partial charge on any atom is 0.317 e. The average Bonchev–Trinajstić information content (AvgIpc) is 2.48. The van der Waals surface area contributed by atoms with Gasteiger partial charge in [0.05, 0.1) is 6.10 Å². The predicted molar refractivity (Wildman–Crippen MR) is 81.8 cm³/mol. The summed E-state index contributed by atoms with van der Waals surface area (Å²) < 4.78 is 0. The van der Waals surface area contributed by atoms with Gasteiger partial charge in [-0.15, -0.1) is 0 Å². The highest BCUT2D eigenvalue weighted by Crippen LogP contribution is 2.24. The number of carbonyl (C=O) groups is 1. The first kappa shape index (κ1) is 15.8. The summed E-state index contributed by atoms with van der Waals surface area (Å²) >= 11 is 0. The van der Waals surface area contributed by atoms with Gasteiger partial charge in [0, 0.05) is 37.9 Å². The number of rotatable bonds is 4. The highest BCUT2D eigenvalue weighted by molar-refractivity contribution is 5.73. The summed E-state index contributed by atoms with van der Waals surface area (Å²) in [7, 11) is 1.78. The molecule has 0 aromatic carbocycles. The van der Waals surface area contributed by atoms with Crippen molar-refractivity contribution in [2.75, 3.05) is 13.6 Å². The molecular weight excluding hydrogens is 266 g/mol. The molecule has 0 radical (unpaired) electrons. The van der Waals surface area contributed by atoms with E-state index in [-0.39, 0.29) is 18.1 Å². The molecule has 21 heavy (non-hydrogen) atoms. The number of pyridine rings is 1. The van der Waals surface area contributed by atoms with Crippen LogP contribution in [0.25, 0.3) is 0 Å². The van der Waals surface area contributed by atoms with Crippen molar-refractivity contribution in [3.63, 3.8) is 0 Å². The highest BCUT2D eigenvalue weighted by Gasteiger charge is 2.25. The lowest BCUT2D eigenvalue weighted by Crippen LogP contribution is -2.42. The monoisotopic (exact) mass is 291 g/mol. The smallest absolute Gasteiger partial charge is 0.317 e. The lowest BCUT2D eigenvalue weighted by atomic mass is 9.86. The summed E-state index contributed by atoms with van der Waals surface area (Å²) in [6.45, 7) is 3.02. The van der Waals surface area contributed by atoms with Crippen LogP contribution in [0.5, 0.6) is 0 Å². The predicted octanol–water partition coefficient (Wildman–Crippen LogP) is 2.08. The second kappa shape index (κ2) is 7.41. The minimum absolute atomic E-state index is 0.103. The van der Waals surface area contributed by atoms with Crippen LogP contribution in [-0.2, 0) is 6.54 Å². The molecule has 2 N–H and O–H groups in total. The molecule has 0 bridgehead atoms. The van der Waals surface area contributed by atoms with Gasteiger partial charge in [0.2, 0.25) is 0 Å². The van der Waals surface area contributed by atoms with Crippen molar-refractivity contribution in [2.24, 2.45) is 5.92 Å². The lowest BCUT2D eigenvalue weighted by Gasteiger charge is -2.31. The number of aromatic nitrogens is 1. The van der Waals surface area contributed by atoms with E-state index in [2.05, 4.69) is 10.3 Å². The molecule has 1 aromatic rings. The summed E-state index contributed by atoms with van der Waals surface area (Å²) in [6.07, 6.45) is 5.60. The first-order valence-electron chi connectivity index (χ1n) is 7.65. The number of nitrogens with zero attached hydrogens (tertiary/aromatic N) is 2. The number of hydrogen-bond donors (Lipinski definition) is 2. The molecule has 1 aromatic heterocycles. The molecule has 1 aliphatic carbocycles. The van der Waals surface area contributed by atoms with Crippen molar-refractivity contribution in [3.05, 3.63) is 29.6 Å². The summed E-state index contributed by atoms with van der Waals surface area (Å²) in [5.74, 6) is 0.204. The summed E-state index contributed by atoms with van der Waals surface area (Å²) in [4.78, 5) is 18.0. The standard InChI is InChI=1S/C16H25N3O2/c1-12-7-8-13(9-17-12)10-18-16(21)19(2)11-14-5-3-4-6-15(14)20/h7-9,14-15,20H,3-6,10-11H2,1-2H3,(H,18,21)/t14-,15-/m1/s1. The number of hydrogen-bond acceptors (Lipinski definition) is 3. The Morgan fingerprint density at radius 1 is 1.43 bits per heavy atom. The van der Waals surface area contributed by atoms with Gasteiger partial charge in [-0.05, 0) is 31.4 Å². The van der Waals surface area contributed by atoms with Gasteiger partial charge in [0.15, 0.2) is 0 Å². The largest absolute Gasteiger partial charge is 0.393 e. The van der Waals surface area contributed by atoms with Gasteiger partial charge < -0.3 is 15.3 Å². The van der Waals surface area contributed by atoms with Crippen molar-refractivity contribution < 1.29 is 9.90 Å². The van der Waals surface area contributed by atoms with Crippen molar-refractivity contribution in [2.45, 2.75) is 45.3 Å². The van der Waals surface area contributed by atoms with Crippen LogP contribution in [0, 0.1) is 12.8 Å². The molecule has 1 heterocycles. The fourth-order valence-corrected chi connectivity index (χ4v) is 2.75. The third-order valence-corrected chi connectivity index (χ3v) is 4.14. The number of aliphatic hydroxyl groups is 1. The van der Waals surface area contributed by atoms with Crippen LogP contribution in [-0.4, -0.2) is 40.7 Å². The maximum atomic E-state index is 12.1. The van der Waals surface area contributed by atoms with Crippen LogP contribution in [0.1, 0.15) is 36.9 Å². The Hall–Kier alpha value is -1.62. The molecule has 0 aliphatic heterocycles. The summed E-state index contributed by atoms with van der Waals surface area (Å²) in [5.41, 5.74) is 1.95. The molecular formula is C16H25N3O2. The van der Waals surface area contributed by atoms with E-state index < -0.39 is 0 Å². The Morgan fingerprint density at radius 3 is 2.86 bits per heavy atom. The zero-order valence-corrected chi connectivity index (χ0v) is 12.9. The summed E-state index contributed by atoms with van der Waals surface area (Å²) in [5, 5.41) is 12.9. The van der Waals surface area contributed by atoms with Gasteiger partial charge >= 0.3 is 6.03 Å². The number of urea groups is 1.